The van der Waals surface area contributed by atoms with E-state index in [1.165, 1.54) is 29.8 Å². The summed E-state index contributed by atoms with van der Waals surface area (Å²) in [6.07, 6.45) is 4.72. The summed E-state index contributed by atoms with van der Waals surface area (Å²) in [4.78, 5) is 14.2. The van der Waals surface area contributed by atoms with Crippen molar-refractivity contribution in [2.24, 2.45) is 5.73 Å². The first kappa shape index (κ1) is 18.8. The molecule has 0 radical (unpaired) electrons. The van der Waals surface area contributed by atoms with E-state index in [2.05, 4.69) is 12.1 Å². The number of aromatic hydroxyl groups is 3. The van der Waals surface area contributed by atoms with Crippen molar-refractivity contribution in [1.29, 1.82) is 0 Å². The Bertz CT molecular complexity index is 832. The number of nitrogens with two attached hydrogens (primary N) is 1. The highest BCUT2D eigenvalue weighted by Crippen LogP contribution is 2.35. The third-order valence-corrected chi connectivity index (χ3v) is 4.98. The van der Waals surface area contributed by atoms with E-state index in [-0.39, 0.29) is 5.91 Å². The number of piperidine rings is 1. The van der Waals surface area contributed by atoms with E-state index in [9.17, 15) is 20.1 Å². The number of hydrogen-bond acceptors (Lipinski definition) is 5. The maximum Gasteiger partial charge on any atom is 0.246 e. The van der Waals surface area contributed by atoms with Gasteiger partial charge in [0.1, 0.15) is 0 Å². The zero-order valence-electron chi connectivity index (χ0n) is 15.0. The molecule has 2 aromatic rings. The smallest absolute Gasteiger partial charge is 0.246 e. The van der Waals surface area contributed by atoms with Crippen LogP contribution in [0, 0.1) is 0 Å². The highest BCUT2D eigenvalue weighted by atomic mass is 16.3. The molecule has 0 aliphatic carbocycles. The van der Waals surface area contributed by atoms with Gasteiger partial charge in [-0.25, -0.2) is 0 Å². The first-order chi connectivity index (χ1) is 13.0. The number of carbonyl (C=O) groups excluding carboxylic acids is 1. The van der Waals surface area contributed by atoms with Crippen LogP contribution in [0.4, 0.5) is 0 Å². The summed E-state index contributed by atoms with van der Waals surface area (Å²) >= 11 is 0. The molecular weight excluding hydrogens is 344 g/mol. The van der Waals surface area contributed by atoms with Gasteiger partial charge in [-0.3, -0.25) is 4.79 Å². The molecular formula is C21H24N2O4. The number of phenols is 3. The SMILES string of the molecule is NCc1cccc(C2CCN(C(=O)/C=C/c3cc(O)c(O)c(O)c3)CC2)c1. The summed E-state index contributed by atoms with van der Waals surface area (Å²) < 4.78 is 0. The molecule has 142 valence electrons. The number of benzene rings is 2. The molecule has 0 spiro atoms. The first-order valence-corrected chi connectivity index (χ1v) is 8.98. The van der Waals surface area contributed by atoms with Gasteiger partial charge in [-0.05, 0) is 53.7 Å². The third kappa shape index (κ3) is 4.41. The van der Waals surface area contributed by atoms with Crippen LogP contribution in [0.2, 0.25) is 0 Å². The summed E-state index contributed by atoms with van der Waals surface area (Å²) in [5.41, 5.74) is 8.54. The van der Waals surface area contributed by atoms with Gasteiger partial charge in [-0.2, -0.15) is 0 Å². The van der Waals surface area contributed by atoms with Gasteiger partial charge in [-0.15, -0.1) is 0 Å². The fourth-order valence-corrected chi connectivity index (χ4v) is 3.40. The zero-order valence-corrected chi connectivity index (χ0v) is 15.0. The molecule has 1 heterocycles. The van der Waals surface area contributed by atoms with Crippen LogP contribution in [0.25, 0.3) is 6.08 Å². The summed E-state index contributed by atoms with van der Waals surface area (Å²) in [6.45, 7) is 1.87. The molecule has 0 bridgehead atoms. The number of hydrogen-bond donors (Lipinski definition) is 4. The van der Waals surface area contributed by atoms with Gasteiger partial charge in [0.05, 0.1) is 0 Å². The molecule has 1 amide bonds. The largest absolute Gasteiger partial charge is 0.504 e. The van der Waals surface area contributed by atoms with E-state index in [0.29, 0.717) is 31.1 Å². The summed E-state index contributed by atoms with van der Waals surface area (Å²) in [7, 11) is 0. The van der Waals surface area contributed by atoms with Crippen LogP contribution in [0.5, 0.6) is 17.2 Å². The maximum absolute atomic E-state index is 12.4. The number of carbonyl (C=O) groups is 1. The molecule has 6 nitrogen and oxygen atoms in total. The van der Waals surface area contributed by atoms with Gasteiger partial charge in [0.25, 0.3) is 0 Å². The van der Waals surface area contributed by atoms with E-state index < -0.39 is 17.2 Å². The molecule has 0 unspecified atom stereocenters. The van der Waals surface area contributed by atoms with Crippen LogP contribution >= 0.6 is 0 Å². The van der Waals surface area contributed by atoms with Crippen molar-refractivity contribution < 1.29 is 20.1 Å². The summed E-state index contributed by atoms with van der Waals surface area (Å²) in [5.74, 6) is -1.11. The lowest BCUT2D eigenvalue weighted by atomic mass is 9.88. The fourth-order valence-electron chi connectivity index (χ4n) is 3.40. The van der Waals surface area contributed by atoms with E-state index >= 15 is 0 Å². The minimum absolute atomic E-state index is 0.115. The van der Waals surface area contributed by atoms with Crippen molar-refractivity contribution in [2.45, 2.75) is 25.3 Å². The Hall–Kier alpha value is -2.99. The molecule has 1 saturated heterocycles. The average molecular weight is 368 g/mol. The monoisotopic (exact) mass is 368 g/mol. The van der Waals surface area contributed by atoms with E-state index in [1.807, 2.05) is 12.1 Å². The van der Waals surface area contributed by atoms with Crippen molar-refractivity contribution in [2.75, 3.05) is 13.1 Å². The van der Waals surface area contributed by atoms with Gasteiger partial charge < -0.3 is 26.0 Å². The lowest BCUT2D eigenvalue weighted by Crippen LogP contribution is -2.36. The van der Waals surface area contributed by atoms with Crippen LogP contribution in [-0.4, -0.2) is 39.2 Å². The van der Waals surface area contributed by atoms with Crippen molar-refractivity contribution in [1.82, 2.24) is 4.90 Å². The number of likely N-dealkylation sites (tertiary alicyclic amines) is 1. The van der Waals surface area contributed by atoms with Crippen molar-refractivity contribution in [3.63, 3.8) is 0 Å². The van der Waals surface area contributed by atoms with E-state index in [4.69, 9.17) is 5.73 Å². The predicted octanol–water partition coefficient (Wildman–Crippen LogP) is 2.68. The lowest BCUT2D eigenvalue weighted by Gasteiger charge is -2.31. The number of phenolic OH excluding ortho intramolecular Hbond substituents is 3. The number of amides is 1. The summed E-state index contributed by atoms with van der Waals surface area (Å²) in [5, 5.41) is 28.4. The van der Waals surface area contributed by atoms with Crippen LogP contribution in [-0.2, 0) is 11.3 Å². The van der Waals surface area contributed by atoms with Gasteiger partial charge >= 0.3 is 0 Å². The highest BCUT2D eigenvalue weighted by Gasteiger charge is 2.22. The van der Waals surface area contributed by atoms with Gasteiger partial charge in [0, 0.05) is 25.7 Å². The fraction of sp³-hybridized carbons (Fsp3) is 0.286. The molecule has 2 aromatic carbocycles. The van der Waals surface area contributed by atoms with Crippen LogP contribution in [0.3, 0.4) is 0 Å². The Labute approximate surface area is 158 Å². The second-order valence-corrected chi connectivity index (χ2v) is 6.79. The summed E-state index contributed by atoms with van der Waals surface area (Å²) in [6, 6.07) is 10.9. The van der Waals surface area contributed by atoms with Crippen molar-refractivity contribution in [3.05, 3.63) is 59.2 Å². The van der Waals surface area contributed by atoms with Crippen LogP contribution in [0.1, 0.15) is 35.4 Å². The third-order valence-electron chi connectivity index (χ3n) is 4.98. The molecule has 1 aliphatic heterocycles. The molecule has 0 saturated carbocycles. The average Bonchev–Trinajstić information content (AvgIpc) is 2.70. The molecule has 3 rings (SSSR count). The van der Waals surface area contributed by atoms with Gasteiger partial charge in [0.2, 0.25) is 5.91 Å². The first-order valence-electron chi connectivity index (χ1n) is 8.98. The second-order valence-electron chi connectivity index (χ2n) is 6.79. The standard InChI is InChI=1S/C21H24N2O4/c22-13-15-2-1-3-17(10-15)16-6-8-23(9-7-16)20(26)5-4-14-11-18(24)21(27)19(25)12-14/h1-5,10-12,16,24-25,27H,6-9,13,22H2/b5-4+. The zero-order chi connectivity index (χ0) is 19.4. The Balaban J connectivity index is 1.60. The number of nitrogens with zero attached hydrogens (tertiary/aromatic N) is 1. The topological polar surface area (TPSA) is 107 Å². The molecule has 5 N–H and O–H groups in total. The molecule has 1 aliphatic rings. The minimum Gasteiger partial charge on any atom is -0.504 e. The molecule has 27 heavy (non-hydrogen) atoms. The maximum atomic E-state index is 12.4. The molecule has 0 aromatic heterocycles. The van der Waals surface area contributed by atoms with E-state index in [0.717, 1.165) is 18.4 Å². The Morgan fingerprint density at radius 1 is 1.11 bits per heavy atom. The van der Waals surface area contributed by atoms with Crippen LogP contribution < -0.4 is 5.73 Å². The molecule has 6 heteroatoms. The molecule has 0 atom stereocenters. The van der Waals surface area contributed by atoms with Crippen molar-refractivity contribution in [3.8, 4) is 17.2 Å². The van der Waals surface area contributed by atoms with Gasteiger partial charge in [0.15, 0.2) is 17.2 Å². The molecule has 1 fully saturated rings. The Kier molecular flexibility index (Phi) is 5.66. The lowest BCUT2D eigenvalue weighted by molar-refractivity contribution is -0.126. The van der Waals surface area contributed by atoms with E-state index in [1.54, 1.807) is 4.90 Å². The Morgan fingerprint density at radius 2 is 1.78 bits per heavy atom. The Morgan fingerprint density at radius 3 is 2.41 bits per heavy atom. The number of rotatable bonds is 4. The van der Waals surface area contributed by atoms with Crippen LogP contribution in [0.15, 0.2) is 42.5 Å². The van der Waals surface area contributed by atoms with Gasteiger partial charge in [-0.1, -0.05) is 24.3 Å². The minimum atomic E-state index is -0.570. The van der Waals surface area contributed by atoms with Crippen molar-refractivity contribution >= 4 is 12.0 Å². The highest BCUT2D eigenvalue weighted by molar-refractivity contribution is 5.92. The predicted molar refractivity (Wildman–Crippen MR) is 103 cm³/mol. The quantitative estimate of drug-likeness (QED) is 0.490. The second kappa shape index (κ2) is 8.14. The normalized spacial score (nSPS) is 15.4.